The van der Waals surface area contributed by atoms with Crippen molar-refractivity contribution in [2.75, 3.05) is 13.2 Å². The number of halogens is 1. The molecule has 1 rings (SSSR count). The minimum atomic E-state index is -0.232. The van der Waals surface area contributed by atoms with Gasteiger partial charge < -0.3 is 9.47 Å². The third kappa shape index (κ3) is 5.97. The maximum atomic E-state index is 11.1. The summed E-state index contributed by atoms with van der Waals surface area (Å²) in [4.78, 5) is 11.1. The van der Waals surface area contributed by atoms with E-state index in [-0.39, 0.29) is 12.6 Å². The van der Waals surface area contributed by atoms with E-state index in [2.05, 4.69) is 6.58 Å². The largest absolute Gasteiger partial charge is 0.494 e. The summed E-state index contributed by atoms with van der Waals surface area (Å²) in [5.41, 5.74) is 0. The zero-order chi connectivity index (χ0) is 12.5. The minimum Gasteiger partial charge on any atom is -0.494 e. The van der Waals surface area contributed by atoms with Crippen molar-refractivity contribution < 1.29 is 14.3 Å². The van der Waals surface area contributed by atoms with Crippen LogP contribution in [0.1, 0.15) is 12.8 Å². The maximum absolute atomic E-state index is 11.1. The van der Waals surface area contributed by atoms with Gasteiger partial charge in [0, 0.05) is 11.4 Å². The summed E-state index contributed by atoms with van der Waals surface area (Å²) < 4.78 is 10.3. The molecule has 0 aromatic heterocycles. The zero-order valence-electron chi connectivity index (χ0n) is 9.52. The average molecular weight is 255 g/mol. The first-order valence-electron chi connectivity index (χ1n) is 5.37. The van der Waals surface area contributed by atoms with Crippen molar-refractivity contribution in [1.82, 2.24) is 0 Å². The highest BCUT2D eigenvalue weighted by molar-refractivity contribution is 6.30. The van der Waals surface area contributed by atoms with Crippen molar-refractivity contribution in [2.24, 2.45) is 0 Å². The van der Waals surface area contributed by atoms with Gasteiger partial charge in [-0.05, 0) is 30.7 Å². The highest BCUT2D eigenvalue weighted by Gasteiger charge is 2.01. The number of carbonyl (C=O) groups is 1. The van der Waals surface area contributed by atoms with Crippen LogP contribution in [0.5, 0.6) is 5.75 Å². The van der Waals surface area contributed by atoms with Crippen LogP contribution in [0.2, 0.25) is 5.02 Å². The molecule has 0 saturated carbocycles. The smallest absolute Gasteiger partial charge is 0.306 e. The standard InChI is InChI=1S/C13H15ClO3/c1-2-9-17-13(15)4-3-10-16-12-7-5-11(14)6-8-12/h2,5-8H,1,3-4,9-10H2. The van der Waals surface area contributed by atoms with Gasteiger partial charge in [0.1, 0.15) is 12.4 Å². The van der Waals surface area contributed by atoms with E-state index >= 15 is 0 Å². The molecule has 0 unspecified atom stereocenters. The Hall–Kier alpha value is -1.48. The molecule has 0 bridgehead atoms. The predicted molar refractivity (Wildman–Crippen MR) is 67.3 cm³/mol. The molecule has 0 aliphatic carbocycles. The normalized spacial score (nSPS) is 9.71. The first-order chi connectivity index (χ1) is 8.22. The van der Waals surface area contributed by atoms with Crippen LogP contribution < -0.4 is 4.74 Å². The molecule has 0 fully saturated rings. The average Bonchev–Trinajstić information content (AvgIpc) is 2.34. The van der Waals surface area contributed by atoms with Gasteiger partial charge in [0.25, 0.3) is 0 Å². The summed E-state index contributed by atoms with van der Waals surface area (Å²) in [6.07, 6.45) is 2.52. The first-order valence-corrected chi connectivity index (χ1v) is 5.75. The van der Waals surface area contributed by atoms with Crippen LogP contribution in [0.25, 0.3) is 0 Å². The van der Waals surface area contributed by atoms with Gasteiger partial charge in [0.15, 0.2) is 0 Å². The zero-order valence-corrected chi connectivity index (χ0v) is 10.3. The van der Waals surface area contributed by atoms with Crippen molar-refractivity contribution in [2.45, 2.75) is 12.8 Å². The maximum Gasteiger partial charge on any atom is 0.306 e. The second-order valence-electron chi connectivity index (χ2n) is 3.38. The highest BCUT2D eigenvalue weighted by atomic mass is 35.5. The van der Waals surface area contributed by atoms with E-state index in [1.807, 2.05) is 0 Å². The molecule has 0 heterocycles. The summed E-state index contributed by atoms with van der Waals surface area (Å²) in [5.74, 6) is 0.512. The molecule has 0 aliphatic rings. The number of hydrogen-bond donors (Lipinski definition) is 0. The molecule has 0 radical (unpaired) electrons. The van der Waals surface area contributed by atoms with Crippen molar-refractivity contribution in [3.63, 3.8) is 0 Å². The summed E-state index contributed by atoms with van der Waals surface area (Å²) >= 11 is 5.74. The Morgan fingerprint density at radius 2 is 2.06 bits per heavy atom. The number of rotatable bonds is 7. The molecule has 1 aromatic rings. The van der Waals surface area contributed by atoms with E-state index in [1.54, 1.807) is 30.3 Å². The van der Waals surface area contributed by atoms with Gasteiger partial charge in [0.2, 0.25) is 0 Å². The van der Waals surface area contributed by atoms with Crippen LogP contribution in [-0.2, 0) is 9.53 Å². The molecule has 0 aliphatic heterocycles. The molecule has 0 saturated heterocycles. The van der Waals surface area contributed by atoms with Crippen LogP contribution in [0.15, 0.2) is 36.9 Å². The summed E-state index contributed by atoms with van der Waals surface area (Å²) in [7, 11) is 0. The molecule has 0 N–H and O–H groups in total. The van der Waals surface area contributed by atoms with E-state index in [9.17, 15) is 4.79 Å². The van der Waals surface area contributed by atoms with E-state index < -0.39 is 0 Å². The van der Waals surface area contributed by atoms with Gasteiger partial charge in [-0.2, -0.15) is 0 Å². The third-order valence-electron chi connectivity index (χ3n) is 1.97. The fourth-order valence-electron chi connectivity index (χ4n) is 1.16. The van der Waals surface area contributed by atoms with Gasteiger partial charge in [-0.15, -0.1) is 0 Å². The fourth-order valence-corrected chi connectivity index (χ4v) is 1.29. The molecule has 0 atom stereocenters. The van der Waals surface area contributed by atoms with Gasteiger partial charge in [-0.1, -0.05) is 24.3 Å². The van der Waals surface area contributed by atoms with E-state index in [0.29, 0.717) is 24.5 Å². The van der Waals surface area contributed by atoms with Gasteiger partial charge in [-0.25, -0.2) is 0 Å². The molecule has 1 aromatic carbocycles. The van der Waals surface area contributed by atoms with Crippen LogP contribution in [0.3, 0.4) is 0 Å². The topological polar surface area (TPSA) is 35.5 Å². The van der Waals surface area contributed by atoms with Gasteiger partial charge in [-0.3, -0.25) is 4.79 Å². The molecule has 0 spiro atoms. The highest BCUT2D eigenvalue weighted by Crippen LogP contribution is 2.15. The Kier molecular flexibility index (Phi) is 6.18. The lowest BCUT2D eigenvalue weighted by Gasteiger charge is -2.05. The van der Waals surface area contributed by atoms with Crippen LogP contribution in [0.4, 0.5) is 0 Å². The Morgan fingerprint density at radius 1 is 1.35 bits per heavy atom. The lowest BCUT2D eigenvalue weighted by atomic mass is 10.3. The van der Waals surface area contributed by atoms with Crippen molar-refractivity contribution in [3.8, 4) is 5.75 Å². The summed E-state index contributed by atoms with van der Waals surface area (Å²) in [5, 5.41) is 0.672. The molecular formula is C13H15ClO3. The summed E-state index contributed by atoms with van der Waals surface area (Å²) in [6.45, 7) is 4.20. The lowest BCUT2D eigenvalue weighted by molar-refractivity contribution is -0.142. The predicted octanol–water partition coefficient (Wildman–Crippen LogP) is 3.23. The quantitative estimate of drug-likeness (QED) is 0.426. The number of hydrogen-bond acceptors (Lipinski definition) is 3. The molecule has 92 valence electrons. The van der Waals surface area contributed by atoms with Gasteiger partial charge >= 0.3 is 5.97 Å². The van der Waals surface area contributed by atoms with E-state index in [4.69, 9.17) is 21.1 Å². The molecule has 0 amide bonds. The number of esters is 1. The Labute approximate surface area is 106 Å². The summed E-state index contributed by atoms with van der Waals surface area (Å²) in [6, 6.07) is 7.10. The van der Waals surface area contributed by atoms with E-state index in [0.717, 1.165) is 5.75 Å². The third-order valence-corrected chi connectivity index (χ3v) is 2.22. The SMILES string of the molecule is C=CCOC(=O)CCCOc1ccc(Cl)cc1. The minimum absolute atomic E-state index is 0.232. The van der Waals surface area contributed by atoms with Gasteiger partial charge in [0.05, 0.1) is 6.61 Å². The van der Waals surface area contributed by atoms with Crippen LogP contribution in [0, 0.1) is 0 Å². The molecule has 4 heteroatoms. The molecular weight excluding hydrogens is 240 g/mol. The van der Waals surface area contributed by atoms with E-state index in [1.165, 1.54) is 0 Å². The second-order valence-corrected chi connectivity index (χ2v) is 3.81. The first kappa shape index (κ1) is 13.6. The monoisotopic (exact) mass is 254 g/mol. The second kappa shape index (κ2) is 7.74. The van der Waals surface area contributed by atoms with Crippen LogP contribution >= 0.6 is 11.6 Å². The van der Waals surface area contributed by atoms with Crippen molar-refractivity contribution in [1.29, 1.82) is 0 Å². The van der Waals surface area contributed by atoms with Crippen molar-refractivity contribution in [3.05, 3.63) is 41.9 Å². The number of carbonyl (C=O) groups excluding carboxylic acids is 1. The number of ether oxygens (including phenoxy) is 2. The van der Waals surface area contributed by atoms with Crippen molar-refractivity contribution >= 4 is 17.6 Å². The lowest BCUT2D eigenvalue weighted by Crippen LogP contribution is -2.07. The molecule has 17 heavy (non-hydrogen) atoms. The molecule has 3 nitrogen and oxygen atoms in total. The van der Waals surface area contributed by atoms with Crippen LogP contribution in [-0.4, -0.2) is 19.2 Å². The Balaban J connectivity index is 2.13. The number of benzene rings is 1. The Morgan fingerprint density at radius 3 is 2.71 bits per heavy atom. The Bertz CT molecular complexity index is 359. The fraction of sp³-hybridized carbons (Fsp3) is 0.308.